The SMILES string of the molecule is CCOc1ccc(C(=O)NC(=S)Nc2cc(-c3nc4cc(C)ccc4o3)ccc2C)cc1[N+](=O)[O-]. The number of aromatic nitrogens is 1. The molecule has 4 rings (SSSR count). The normalized spacial score (nSPS) is 10.7. The first-order valence-corrected chi connectivity index (χ1v) is 11.2. The number of thiocarbonyl (C=S) groups is 1. The standard InChI is InChI=1S/C25H22N4O5S/c1-4-33-22-10-8-16(13-20(22)29(31)32)23(30)28-25(35)27-18-12-17(7-6-15(18)3)24-26-19-11-14(2)5-9-21(19)34-24/h5-13H,4H2,1-3H3,(H2,27,28,30,35). The molecule has 0 aliphatic heterocycles. The van der Waals surface area contributed by atoms with E-state index in [9.17, 15) is 14.9 Å². The minimum atomic E-state index is -0.597. The van der Waals surface area contributed by atoms with Crippen LogP contribution >= 0.6 is 12.2 Å². The minimum absolute atomic E-state index is 0.0416. The van der Waals surface area contributed by atoms with Gasteiger partial charge in [-0.3, -0.25) is 20.2 Å². The number of benzene rings is 3. The van der Waals surface area contributed by atoms with E-state index in [-0.39, 0.29) is 28.7 Å². The van der Waals surface area contributed by atoms with Gasteiger partial charge >= 0.3 is 5.69 Å². The second-order valence-corrected chi connectivity index (χ2v) is 8.21. The number of oxazole rings is 1. The summed E-state index contributed by atoms with van der Waals surface area (Å²) in [5.41, 5.74) is 4.60. The molecule has 0 aliphatic rings. The Morgan fingerprint density at radius 1 is 1.14 bits per heavy atom. The minimum Gasteiger partial charge on any atom is -0.487 e. The Hall–Kier alpha value is -4.31. The van der Waals surface area contributed by atoms with Gasteiger partial charge in [0.1, 0.15) is 5.52 Å². The maximum absolute atomic E-state index is 12.7. The van der Waals surface area contributed by atoms with Gasteiger partial charge in [-0.15, -0.1) is 0 Å². The zero-order valence-electron chi connectivity index (χ0n) is 19.2. The average Bonchev–Trinajstić information content (AvgIpc) is 3.24. The van der Waals surface area contributed by atoms with Crippen LogP contribution in [0.15, 0.2) is 59.0 Å². The van der Waals surface area contributed by atoms with Crippen molar-refractivity contribution in [2.75, 3.05) is 11.9 Å². The zero-order valence-corrected chi connectivity index (χ0v) is 20.1. The van der Waals surface area contributed by atoms with Crippen molar-refractivity contribution in [1.29, 1.82) is 0 Å². The van der Waals surface area contributed by atoms with Gasteiger partial charge in [0, 0.05) is 22.9 Å². The van der Waals surface area contributed by atoms with Crippen molar-refractivity contribution in [1.82, 2.24) is 10.3 Å². The first-order valence-electron chi connectivity index (χ1n) is 10.8. The van der Waals surface area contributed by atoms with E-state index in [4.69, 9.17) is 21.4 Å². The fraction of sp³-hybridized carbons (Fsp3) is 0.160. The van der Waals surface area contributed by atoms with E-state index >= 15 is 0 Å². The monoisotopic (exact) mass is 490 g/mol. The fourth-order valence-electron chi connectivity index (χ4n) is 3.46. The number of fused-ring (bicyclic) bond motifs is 1. The first-order chi connectivity index (χ1) is 16.7. The third-order valence-corrected chi connectivity index (χ3v) is 5.42. The van der Waals surface area contributed by atoms with E-state index in [0.29, 0.717) is 17.2 Å². The molecular formula is C25H22N4O5S. The van der Waals surface area contributed by atoms with Crippen molar-refractivity contribution in [3.8, 4) is 17.2 Å². The van der Waals surface area contributed by atoms with Crippen LogP contribution in [0.3, 0.4) is 0 Å². The van der Waals surface area contributed by atoms with Gasteiger partial charge < -0.3 is 14.5 Å². The number of hydrogen-bond donors (Lipinski definition) is 2. The van der Waals surface area contributed by atoms with Gasteiger partial charge in [-0.2, -0.15) is 0 Å². The van der Waals surface area contributed by atoms with E-state index < -0.39 is 10.8 Å². The van der Waals surface area contributed by atoms with Crippen LogP contribution in [0.5, 0.6) is 5.75 Å². The lowest BCUT2D eigenvalue weighted by molar-refractivity contribution is -0.385. The molecule has 1 amide bonds. The molecule has 9 nitrogen and oxygen atoms in total. The van der Waals surface area contributed by atoms with Crippen LogP contribution in [0.1, 0.15) is 28.4 Å². The highest BCUT2D eigenvalue weighted by Crippen LogP contribution is 2.29. The van der Waals surface area contributed by atoms with Crippen LogP contribution < -0.4 is 15.4 Å². The molecule has 0 fully saturated rings. The molecule has 0 atom stereocenters. The van der Waals surface area contributed by atoms with Crippen molar-refractivity contribution >= 4 is 45.7 Å². The van der Waals surface area contributed by atoms with Crippen molar-refractivity contribution in [2.24, 2.45) is 0 Å². The van der Waals surface area contributed by atoms with Crippen molar-refractivity contribution in [2.45, 2.75) is 20.8 Å². The van der Waals surface area contributed by atoms with Crippen molar-refractivity contribution in [3.63, 3.8) is 0 Å². The van der Waals surface area contributed by atoms with Crippen LogP contribution in [0.2, 0.25) is 0 Å². The molecule has 1 aromatic heterocycles. The Bertz CT molecular complexity index is 1460. The summed E-state index contributed by atoms with van der Waals surface area (Å²) < 4.78 is 11.1. The lowest BCUT2D eigenvalue weighted by atomic mass is 10.1. The zero-order chi connectivity index (χ0) is 25.1. The lowest BCUT2D eigenvalue weighted by Crippen LogP contribution is -2.34. The summed E-state index contributed by atoms with van der Waals surface area (Å²) in [6.45, 7) is 5.86. The maximum Gasteiger partial charge on any atom is 0.311 e. The van der Waals surface area contributed by atoms with Crippen molar-refractivity contribution < 1.29 is 18.9 Å². The molecule has 0 saturated carbocycles. The number of amides is 1. The Morgan fingerprint density at radius 3 is 2.69 bits per heavy atom. The molecule has 0 saturated heterocycles. The van der Waals surface area contributed by atoms with Crippen LogP contribution in [-0.2, 0) is 0 Å². The molecule has 10 heteroatoms. The molecule has 1 heterocycles. The number of carbonyl (C=O) groups excluding carboxylic acids is 1. The van der Waals surface area contributed by atoms with E-state index in [2.05, 4.69) is 15.6 Å². The number of nitrogens with zero attached hydrogens (tertiary/aromatic N) is 2. The maximum atomic E-state index is 12.7. The number of aryl methyl sites for hydroxylation is 2. The van der Waals surface area contributed by atoms with Gasteiger partial charge in [0.15, 0.2) is 16.4 Å². The van der Waals surface area contributed by atoms with Crippen LogP contribution in [-0.4, -0.2) is 27.5 Å². The number of ether oxygens (including phenoxy) is 1. The summed E-state index contributed by atoms with van der Waals surface area (Å²) in [4.78, 5) is 28.0. The third-order valence-electron chi connectivity index (χ3n) is 5.22. The first kappa shape index (κ1) is 23.8. The van der Waals surface area contributed by atoms with Gasteiger partial charge in [-0.25, -0.2) is 4.98 Å². The van der Waals surface area contributed by atoms with Gasteiger partial charge in [0.2, 0.25) is 5.89 Å². The molecule has 35 heavy (non-hydrogen) atoms. The number of anilines is 1. The second-order valence-electron chi connectivity index (χ2n) is 7.80. The average molecular weight is 491 g/mol. The second kappa shape index (κ2) is 9.90. The molecule has 0 aliphatic carbocycles. The Kier molecular flexibility index (Phi) is 6.74. The van der Waals surface area contributed by atoms with E-state index in [1.807, 2.05) is 50.2 Å². The summed E-state index contributed by atoms with van der Waals surface area (Å²) in [6.07, 6.45) is 0. The molecule has 0 bridgehead atoms. The summed E-state index contributed by atoms with van der Waals surface area (Å²) in [5, 5.41) is 16.9. The van der Waals surface area contributed by atoms with E-state index in [0.717, 1.165) is 28.3 Å². The summed E-state index contributed by atoms with van der Waals surface area (Å²) in [5.74, 6) is -0.0290. The van der Waals surface area contributed by atoms with Crippen LogP contribution in [0.4, 0.5) is 11.4 Å². The Balaban J connectivity index is 1.51. The highest BCUT2D eigenvalue weighted by atomic mass is 32.1. The number of hydrogen-bond acceptors (Lipinski definition) is 7. The largest absolute Gasteiger partial charge is 0.487 e. The molecule has 178 valence electrons. The smallest absolute Gasteiger partial charge is 0.311 e. The molecule has 3 aromatic carbocycles. The van der Waals surface area contributed by atoms with Gasteiger partial charge in [-0.1, -0.05) is 12.1 Å². The number of nitrogens with one attached hydrogen (secondary N) is 2. The topological polar surface area (TPSA) is 120 Å². The summed E-state index contributed by atoms with van der Waals surface area (Å²) in [7, 11) is 0. The van der Waals surface area contributed by atoms with Crippen molar-refractivity contribution in [3.05, 3.63) is 81.4 Å². The predicted octanol–water partition coefficient (Wildman–Crippen LogP) is 5.55. The summed E-state index contributed by atoms with van der Waals surface area (Å²) >= 11 is 5.31. The number of nitro benzene ring substituents is 1. The molecular weight excluding hydrogens is 468 g/mol. The lowest BCUT2D eigenvalue weighted by Gasteiger charge is -2.13. The van der Waals surface area contributed by atoms with Gasteiger partial charge in [-0.05, 0) is 80.5 Å². The number of nitro groups is 1. The van der Waals surface area contributed by atoms with Gasteiger partial charge in [0.05, 0.1) is 11.5 Å². The highest BCUT2D eigenvalue weighted by molar-refractivity contribution is 7.80. The third kappa shape index (κ3) is 5.28. The predicted molar refractivity (Wildman–Crippen MR) is 137 cm³/mol. The van der Waals surface area contributed by atoms with Crippen LogP contribution in [0.25, 0.3) is 22.6 Å². The van der Waals surface area contributed by atoms with E-state index in [1.165, 1.54) is 12.1 Å². The van der Waals surface area contributed by atoms with Gasteiger partial charge in [0.25, 0.3) is 5.91 Å². The Morgan fingerprint density at radius 2 is 1.94 bits per heavy atom. The van der Waals surface area contributed by atoms with E-state index in [1.54, 1.807) is 6.92 Å². The molecule has 0 radical (unpaired) electrons. The Labute approximate surface area is 206 Å². The quantitative estimate of drug-likeness (QED) is 0.205. The molecule has 0 unspecified atom stereocenters. The van der Waals surface area contributed by atoms with Crippen LogP contribution in [0, 0.1) is 24.0 Å². The number of rotatable bonds is 6. The fourth-order valence-corrected chi connectivity index (χ4v) is 3.66. The number of carbonyl (C=O) groups is 1. The highest BCUT2D eigenvalue weighted by Gasteiger charge is 2.19. The molecule has 2 N–H and O–H groups in total. The summed E-state index contributed by atoms with van der Waals surface area (Å²) in [6, 6.07) is 15.4. The molecule has 4 aromatic rings. The molecule has 0 spiro atoms.